The van der Waals surface area contributed by atoms with Crippen molar-refractivity contribution in [3.63, 3.8) is 0 Å². The number of nitrogens with zero attached hydrogens (tertiary/aromatic N) is 3. The van der Waals surface area contributed by atoms with Crippen LogP contribution in [0.3, 0.4) is 0 Å². The molecule has 0 aliphatic carbocycles. The van der Waals surface area contributed by atoms with Gasteiger partial charge in [-0.25, -0.2) is 4.98 Å². The van der Waals surface area contributed by atoms with Gasteiger partial charge in [0.1, 0.15) is 5.82 Å². The molecule has 0 amide bonds. The van der Waals surface area contributed by atoms with Gasteiger partial charge in [-0.05, 0) is 12.2 Å². The molecule has 0 N–H and O–H groups in total. The summed E-state index contributed by atoms with van der Waals surface area (Å²) in [5, 5.41) is 1.04. The van der Waals surface area contributed by atoms with E-state index in [0.29, 0.717) is 12.6 Å². The summed E-state index contributed by atoms with van der Waals surface area (Å²) >= 11 is 3.52. The number of ether oxygens (including phenoxy) is 1. The fourth-order valence-electron chi connectivity index (χ4n) is 1.67. The fraction of sp³-hybridized carbons (Fsp3) is 0.800. The van der Waals surface area contributed by atoms with Crippen LogP contribution in [0.15, 0.2) is 0 Å². The molecular weight excluding hydrogens is 242 g/mol. The first-order valence-corrected chi connectivity index (χ1v) is 7.36. The van der Waals surface area contributed by atoms with E-state index in [1.54, 1.807) is 7.11 Å². The van der Waals surface area contributed by atoms with Crippen molar-refractivity contribution in [2.45, 2.75) is 18.9 Å². The van der Waals surface area contributed by atoms with Crippen LogP contribution in [0, 0.1) is 0 Å². The van der Waals surface area contributed by atoms with E-state index >= 15 is 0 Å². The molecule has 1 atom stereocenters. The van der Waals surface area contributed by atoms with Crippen molar-refractivity contribution in [1.82, 2.24) is 9.36 Å². The van der Waals surface area contributed by atoms with Crippen LogP contribution in [-0.2, 0) is 11.2 Å². The maximum Gasteiger partial charge on any atom is 0.205 e. The Morgan fingerprint density at radius 3 is 3.12 bits per heavy atom. The highest BCUT2D eigenvalue weighted by molar-refractivity contribution is 7.99. The van der Waals surface area contributed by atoms with Gasteiger partial charge in [0.15, 0.2) is 0 Å². The average molecular weight is 259 g/mol. The van der Waals surface area contributed by atoms with Crippen LogP contribution in [0.2, 0.25) is 0 Å². The molecule has 1 aliphatic rings. The Morgan fingerprint density at radius 1 is 1.56 bits per heavy atom. The van der Waals surface area contributed by atoms with Gasteiger partial charge < -0.3 is 9.64 Å². The first-order valence-electron chi connectivity index (χ1n) is 5.43. The van der Waals surface area contributed by atoms with Gasteiger partial charge in [0, 0.05) is 43.9 Å². The Kier molecular flexibility index (Phi) is 4.43. The van der Waals surface area contributed by atoms with Crippen molar-refractivity contribution in [2.75, 3.05) is 37.2 Å². The van der Waals surface area contributed by atoms with Crippen molar-refractivity contribution in [3.8, 4) is 0 Å². The van der Waals surface area contributed by atoms with Crippen LogP contribution in [0.5, 0.6) is 0 Å². The molecule has 0 bridgehead atoms. The third-order valence-electron chi connectivity index (χ3n) is 2.74. The normalized spacial score (nSPS) is 20.2. The highest BCUT2D eigenvalue weighted by Crippen LogP contribution is 2.26. The molecule has 1 unspecified atom stereocenters. The molecule has 1 aromatic heterocycles. The first-order chi connectivity index (χ1) is 7.81. The molecule has 0 aromatic carbocycles. The summed E-state index contributed by atoms with van der Waals surface area (Å²) in [5.41, 5.74) is 0. The van der Waals surface area contributed by atoms with Crippen molar-refractivity contribution in [2.24, 2.45) is 0 Å². The van der Waals surface area contributed by atoms with E-state index in [0.717, 1.165) is 17.4 Å². The maximum atomic E-state index is 5.02. The molecule has 0 radical (unpaired) electrons. The van der Waals surface area contributed by atoms with Gasteiger partial charge >= 0.3 is 0 Å². The Morgan fingerprint density at radius 2 is 2.44 bits per heavy atom. The minimum Gasteiger partial charge on any atom is -0.384 e. The molecule has 1 fully saturated rings. The van der Waals surface area contributed by atoms with Crippen LogP contribution in [-0.4, -0.2) is 47.7 Å². The summed E-state index contributed by atoms with van der Waals surface area (Å²) in [5.74, 6) is 3.38. The molecular formula is C10H17N3OS2. The number of hydrogen-bond acceptors (Lipinski definition) is 6. The molecule has 2 heterocycles. The summed E-state index contributed by atoms with van der Waals surface area (Å²) in [6.45, 7) is 0.694. The van der Waals surface area contributed by atoms with E-state index < -0.39 is 0 Å². The molecule has 16 heavy (non-hydrogen) atoms. The Bertz CT molecular complexity index is 326. The van der Waals surface area contributed by atoms with Crippen LogP contribution in [0.1, 0.15) is 12.2 Å². The lowest BCUT2D eigenvalue weighted by Crippen LogP contribution is -2.31. The standard InChI is InChI=1S/C10H17N3OS2/c1-13(8-4-6-15-7-8)10-11-9(12-16-10)3-5-14-2/h8H,3-7H2,1-2H3. The number of methoxy groups -OCH3 is 1. The lowest BCUT2D eigenvalue weighted by Gasteiger charge is -2.22. The van der Waals surface area contributed by atoms with E-state index in [2.05, 4.69) is 21.3 Å². The molecule has 90 valence electrons. The zero-order valence-electron chi connectivity index (χ0n) is 9.68. The third-order valence-corrected chi connectivity index (χ3v) is 4.73. The van der Waals surface area contributed by atoms with E-state index in [1.165, 1.54) is 29.5 Å². The SMILES string of the molecule is COCCc1nsc(N(C)C2CCSC2)n1. The Labute approximate surface area is 105 Å². The molecule has 0 saturated carbocycles. The van der Waals surface area contributed by atoms with Gasteiger partial charge in [0.05, 0.1) is 6.61 Å². The van der Waals surface area contributed by atoms with E-state index in [4.69, 9.17) is 4.74 Å². The van der Waals surface area contributed by atoms with Gasteiger partial charge in [-0.3, -0.25) is 0 Å². The third kappa shape index (κ3) is 2.87. The van der Waals surface area contributed by atoms with Crippen LogP contribution in [0.4, 0.5) is 5.13 Å². The monoisotopic (exact) mass is 259 g/mol. The largest absolute Gasteiger partial charge is 0.384 e. The zero-order valence-corrected chi connectivity index (χ0v) is 11.3. The number of rotatable bonds is 5. The molecule has 1 aromatic rings. The predicted molar refractivity (Wildman–Crippen MR) is 69.6 cm³/mol. The molecule has 1 saturated heterocycles. The number of aromatic nitrogens is 2. The molecule has 1 aliphatic heterocycles. The van der Waals surface area contributed by atoms with Crippen molar-refractivity contribution < 1.29 is 4.74 Å². The topological polar surface area (TPSA) is 38.2 Å². The second-order valence-corrected chi connectivity index (χ2v) is 5.74. The van der Waals surface area contributed by atoms with E-state index in [-0.39, 0.29) is 0 Å². The number of thioether (sulfide) groups is 1. The van der Waals surface area contributed by atoms with Crippen LogP contribution >= 0.6 is 23.3 Å². The number of anilines is 1. The lowest BCUT2D eigenvalue weighted by atomic mass is 10.2. The van der Waals surface area contributed by atoms with Crippen molar-refractivity contribution >= 4 is 28.4 Å². The summed E-state index contributed by atoms with van der Waals surface area (Å²) in [6, 6.07) is 0.633. The summed E-state index contributed by atoms with van der Waals surface area (Å²) in [4.78, 5) is 6.81. The highest BCUT2D eigenvalue weighted by atomic mass is 32.2. The summed E-state index contributed by atoms with van der Waals surface area (Å²) in [7, 11) is 3.83. The number of hydrogen-bond donors (Lipinski definition) is 0. The zero-order chi connectivity index (χ0) is 11.4. The fourth-order valence-corrected chi connectivity index (χ4v) is 3.68. The molecule has 6 heteroatoms. The van der Waals surface area contributed by atoms with Crippen molar-refractivity contribution in [3.05, 3.63) is 5.82 Å². The molecule has 4 nitrogen and oxygen atoms in total. The second-order valence-electron chi connectivity index (χ2n) is 3.86. The first kappa shape index (κ1) is 12.1. The van der Waals surface area contributed by atoms with Gasteiger partial charge in [-0.2, -0.15) is 16.1 Å². The molecule has 2 rings (SSSR count). The Hall–Kier alpha value is -0.330. The smallest absolute Gasteiger partial charge is 0.205 e. The van der Waals surface area contributed by atoms with E-state index in [1.807, 2.05) is 11.8 Å². The molecule has 0 spiro atoms. The van der Waals surface area contributed by atoms with Crippen LogP contribution < -0.4 is 4.90 Å². The lowest BCUT2D eigenvalue weighted by molar-refractivity contribution is 0.201. The van der Waals surface area contributed by atoms with Crippen molar-refractivity contribution in [1.29, 1.82) is 0 Å². The van der Waals surface area contributed by atoms with Gasteiger partial charge in [-0.1, -0.05) is 0 Å². The van der Waals surface area contributed by atoms with Gasteiger partial charge in [0.2, 0.25) is 5.13 Å². The van der Waals surface area contributed by atoms with Gasteiger partial charge in [-0.15, -0.1) is 0 Å². The maximum absolute atomic E-state index is 5.02. The highest BCUT2D eigenvalue weighted by Gasteiger charge is 2.22. The summed E-state index contributed by atoms with van der Waals surface area (Å²) in [6.07, 6.45) is 2.06. The predicted octanol–water partition coefficient (Wildman–Crippen LogP) is 1.67. The van der Waals surface area contributed by atoms with Gasteiger partial charge in [0.25, 0.3) is 0 Å². The van der Waals surface area contributed by atoms with E-state index in [9.17, 15) is 0 Å². The minimum atomic E-state index is 0.633. The minimum absolute atomic E-state index is 0.633. The average Bonchev–Trinajstić information content (AvgIpc) is 2.96. The Balaban J connectivity index is 1.94. The quantitative estimate of drug-likeness (QED) is 0.804. The summed E-state index contributed by atoms with van der Waals surface area (Å²) < 4.78 is 9.37. The van der Waals surface area contributed by atoms with Crippen LogP contribution in [0.25, 0.3) is 0 Å². The second kappa shape index (κ2) is 5.84.